The highest BCUT2D eigenvalue weighted by atomic mass is 19.1. The Morgan fingerprint density at radius 1 is 1.35 bits per heavy atom. The molecule has 0 saturated heterocycles. The lowest BCUT2D eigenvalue weighted by atomic mass is 10.1. The van der Waals surface area contributed by atoms with Crippen LogP contribution in [0.15, 0.2) is 24.3 Å². The van der Waals surface area contributed by atoms with Gasteiger partial charge in [0, 0.05) is 40.3 Å². The van der Waals surface area contributed by atoms with Gasteiger partial charge in [0.1, 0.15) is 5.82 Å². The maximum absolute atomic E-state index is 13.8. The summed E-state index contributed by atoms with van der Waals surface area (Å²) in [6, 6.07) is 7.18. The molecule has 2 amide bonds. The number of rotatable bonds is 4. The lowest BCUT2D eigenvalue weighted by Crippen LogP contribution is -2.34. The molecule has 0 spiro atoms. The third-order valence-corrected chi connectivity index (χ3v) is 4.74. The Balaban J connectivity index is 1.68. The molecule has 0 saturated carbocycles. The minimum atomic E-state index is -0.152. The normalized spacial score (nSPS) is 14.6. The van der Waals surface area contributed by atoms with Crippen LogP contribution in [0.2, 0.25) is 0 Å². The van der Waals surface area contributed by atoms with Gasteiger partial charge in [0.05, 0.1) is 17.9 Å². The smallest absolute Gasteiger partial charge is 0.317 e. The van der Waals surface area contributed by atoms with E-state index < -0.39 is 0 Å². The van der Waals surface area contributed by atoms with Gasteiger partial charge in [-0.05, 0) is 36.6 Å². The molecule has 0 aliphatic carbocycles. The minimum absolute atomic E-state index is 0.128. The molecule has 3 rings (SSSR count). The van der Waals surface area contributed by atoms with Gasteiger partial charge >= 0.3 is 6.03 Å². The van der Waals surface area contributed by atoms with E-state index in [-0.39, 0.29) is 11.8 Å². The van der Waals surface area contributed by atoms with E-state index in [1.54, 1.807) is 20.2 Å². The van der Waals surface area contributed by atoms with Crippen molar-refractivity contribution in [1.29, 1.82) is 0 Å². The van der Waals surface area contributed by atoms with E-state index >= 15 is 0 Å². The molecule has 2 aromatic rings. The van der Waals surface area contributed by atoms with Gasteiger partial charge in [-0.2, -0.15) is 5.10 Å². The maximum atomic E-state index is 13.8. The average Bonchev–Trinajstić information content (AvgIpc) is 2.88. The van der Waals surface area contributed by atoms with Crippen molar-refractivity contribution < 1.29 is 9.18 Å². The molecule has 0 unspecified atom stereocenters. The standard InChI is InChI=1S/C19H26FN5O/c1-14-15(6-4-7-18(14)20)12-24-8-5-9-25-17(13-24)10-16(22-25)11-21-19(26)23(2)3/h4,6-7,10H,5,8-9,11-13H2,1-3H3,(H,21,26). The van der Waals surface area contributed by atoms with Crippen molar-refractivity contribution in [1.82, 2.24) is 24.9 Å². The number of aromatic nitrogens is 2. The Kier molecular flexibility index (Phi) is 5.56. The number of amides is 2. The highest BCUT2D eigenvalue weighted by Gasteiger charge is 2.18. The van der Waals surface area contributed by atoms with Crippen molar-refractivity contribution in [3.8, 4) is 0 Å². The van der Waals surface area contributed by atoms with Gasteiger partial charge in [0.25, 0.3) is 0 Å². The molecule has 0 atom stereocenters. The summed E-state index contributed by atoms with van der Waals surface area (Å²) in [6.45, 7) is 5.55. The fourth-order valence-corrected chi connectivity index (χ4v) is 3.20. The fraction of sp³-hybridized carbons (Fsp3) is 0.474. The van der Waals surface area contributed by atoms with Crippen LogP contribution in [0, 0.1) is 12.7 Å². The number of nitrogens with one attached hydrogen (secondary N) is 1. The SMILES string of the molecule is Cc1c(F)cccc1CN1CCCn2nc(CNC(=O)N(C)C)cc2C1. The van der Waals surface area contributed by atoms with E-state index in [1.165, 1.54) is 11.0 Å². The molecule has 1 aromatic heterocycles. The molecule has 0 radical (unpaired) electrons. The van der Waals surface area contributed by atoms with Crippen molar-refractivity contribution in [2.75, 3.05) is 20.6 Å². The van der Waals surface area contributed by atoms with Crippen LogP contribution in [-0.4, -0.2) is 46.3 Å². The number of hydrogen-bond donors (Lipinski definition) is 1. The predicted octanol–water partition coefficient (Wildman–Crippen LogP) is 2.51. The molecule has 2 heterocycles. The van der Waals surface area contributed by atoms with Crippen LogP contribution >= 0.6 is 0 Å². The summed E-state index contributed by atoms with van der Waals surface area (Å²) in [5.41, 5.74) is 3.73. The Morgan fingerprint density at radius 3 is 2.92 bits per heavy atom. The number of fused-ring (bicyclic) bond motifs is 1. The largest absolute Gasteiger partial charge is 0.332 e. The molecule has 0 bridgehead atoms. The second-order valence-corrected chi connectivity index (χ2v) is 6.99. The minimum Gasteiger partial charge on any atom is -0.332 e. The van der Waals surface area contributed by atoms with Crippen molar-refractivity contribution in [3.05, 3.63) is 52.6 Å². The van der Waals surface area contributed by atoms with Crippen LogP contribution < -0.4 is 5.32 Å². The number of nitrogens with zero attached hydrogens (tertiary/aromatic N) is 4. The zero-order chi connectivity index (χ0) is 18.7. The lowest BCUT2D eigenvalue weighted by molar-refractivity contribution is 0.217. The summed E-state index contributed by atoms with van der Waals surface area (Å²) in [5, 5.41) is 7.46. The van der Waals surface area contributed by atoms with Crippen molar-refractivity contribution in [2.45, 2.75) is 39.5 Å². The molecule has 26 heavy (non-hydrogen) atoms. The Bertz CT molecular complexity index is 786. The van der Waals surface area contributed by atoms with E-state index in [0.29, 0.717) is 6.54 Å². The van der Waals surface area contributed by atoms with E-state index in [9.17, 15) is 9.18 Å². The highest BCUT2D eigenvalue weighted by Crippen LogP contribution is 2.19. The van der Waals surface area contributed by atoms with E-state index in [4.69, 9.17) is 0 Å². The molecule has 6 nitrogen and oxygen atoms in total. The number of benzene rings is 1. The molecule has 0 fully saturated rings. The zero-order valence-corrected chi connectivity index (χ0v) is 15.6. The van der Waals surface area contributed by atoms with Crippen molar-refractivity contribution in [3.63, 3.8) is 0 Å². The average molecular weight is 359 g/mol. The van der Waals surface area contributed by atoms with Gasteiger partial charge in [-0.1, -0.05) is 12.1 Å². The van der Waals surface area contributed by atoms with Crippen molar-refractivity contribution in [2.24, 2.45) is 0 Å². The van der Waals surface area contributed by atoms with Gasteiger partial charge < -0.3 is 10.2 Å². The maximum Gasteiger partial charge on any atom is 0.317 e. The van der Waals surface area contributed by atoms with E-state index in [1.807, 2.05) is 23.7 Å². The van der Waals surface area contributed by atoms with E-state index in [0.717, 1.165) is 55.1 Å². The first-order valence-electron chi connectivity index (χ1n) is 8.91. The van der Waals surface area contributed by atoms with Gasteiger partial charge in [-0.25, -0.2) is 9.18 Å². The second-order valence-electron chi connectivity index (χ2n) is 6.99. The Labute approximate surface area is 153 Å². The van der Waals surface area contributed by atoms with E-state index in [2.05, 4.69) is 15.3 Å². The molecule has 140 valence electrons. The molecular formula is C19H26FN5O. The van der Waals surface area contributed by atoms with Gasteiger partial charge in [-0.15, -0.1) is 0 Å². The Morgan fingerprint density at radius 2 is 2.15 bits per heavy atom. The molecule has 7 heteroatoms. The summed E-state index contributed by atoms with van der Waals surface area (Å²) in [7, 11) is 3.42. The lowest BCUT2D eigenvalue weighted by Gasteiger charge is -2.20. The van der Waals surface area contributed by atoms with Crippen LogP contribution in [-0.2, 0) is 26.2 Å². The third kappa shape index (κ3) is 4.22. The number of aryl methyl sites for hydroxylation is 1. The summed E-state index contributed by atoms with van der Waals surface area (Å²) >= 11 is 0. The molecule has 1 N–H and O–H groups in total. The number of halogens is 1. The van der Waals surface area contributed by atoms with Crippen LogP contribution in [0.3, 0.4) is 0 Å². The van der Waals surface area contributed by atoms with Gasteiger partial charge in [-0.3, -0.25) is 9.58 Å². The summed E-state index contributed by atoms with van der Waals surface area (Å²) in [5.74, 6) is -0.152. The third-order valence-electron chi connectivity index (χ3n) is 4.74. The first-order chi connectivity index (χ1) is 12.4. The number of urea groups is 1. The summed E-state index contributed by atoms with van der Waals surface area (Å²) in [4.78, 5) is 15.5. The summed E-state index contributed by atoms with van der Waals surface area (Å²) in [6.07, 6.45) is 0.993. The zero-order valence-electron chi connectivity index (χ0n) is 15.6. The van der Waals surface area contributed by atoms with Crippen LogP contribution in [0.25, 0.3) is 0 Å². The Hall–Kier alpha value is -2.41. The molecule has 1 aromatic carbocycles. The van der Waals surface area contributed by atoms with Crippen LogP contribution in [0.5, 0.6) is 0 Å². The number of carbonyl (C=O) groups excluding carboxylic acids is 1. The predicted molar refractivity (Wildman–Crippen MR) is 98.0 cm³/mol. The second kappa shape index (κ2) is 7.86. The molecule has 1 aliphatic rings. The molecular weight excluding hydrogens is 333 g/mol. The highest BCUT2D eigenvalue weighted by molar-refractivity contribution is 5.73. The number of hydrogen-bond acceptors (Lipinski definition) is 3. The van der Waals surface area contributed by atoms with Gasteiger partial charge in [0.2, 0.25) is 0 Å². The van der Waals surface area contributed by atoms with Crippen molar-refractivity contribution >= 4 is 6.03 Å². The first-order valence-corrected chi connectivity index (χ1v) is 8.91. The van der Waals surface area contributed by atoms with Crippen LogP contribution in [0.4, 0.5) is 9.18 Å². The monoisotopic (exact) mass is 359 g/mol. The number of carbonyl (C=O) groups is 1. The summed E-state index contributed by atoms with van der Waals surface area (Å²) < 4.78 is 15.8. The van der Waals surface area contributed by atoms with Crippen LogP contribution in [0.1, 0.15) is 28.9 Å². The first kappa shape index (κ1) is 18.4. The fourth-order valence-electron chi connectivity index (χ4n) is 3.20. The van der Waals surface area contributed by atoms with Gasteiger partial charge in [0.15, 0.2) is 0 Å². The quantitative estimate of drug-likeness (QED) is 0.913. The topological polar surface area (TPSA) is 53.4 Å². The molecule has 1 aliphatic heterocycles.